The molecule has 3 heteroatoms. The Hall–Kier alpha value is -1.35. The highest BCUT2D eigenvalue weighted by Gasteiger charge is 2.40. The van der Waals surface area contributed by atoms with Gasteiger partial charge in [0.05, 0.1) is 6.04 Å². The lowest BCUT2D eigenvalue weighted by atomic mass is 9.94. The Morgan fingerprint density at radius 3 is 2.54 bits per heavy atom. The number of carbonyl (C=O) groups is 1. The Morgan fingerprint density at radius 2 is 2.00 bits per heavy atom. The van der Waals surface area contributed by atoms with Gasteiger partial charge in [-0.2, -0.15) is 0 Å². The second-order valence-electron chi connectivity index (χ2n) is 3.05. The van der Waals surface area contributed by atoms with Crippen LogP contribution in [0, 0.1) is 0 Å². The predicted molar refractivity (Wildman–Crippen MR) is 48.1 cm³/mol. The van der Waals surface area contributed by atoms with Crippen molar-refractivity contribution in [2.75, 3.05) is 7.11 Å². The fraction of sp³-hybridized carbons (Fsp3) is 0.300. The van der Waals surface area contributed by atoms with Crippen LogP contribution < -0.4 is 5.32 Å². The van der Waals surface area contributed by atoms with Crippen LogP contribution in [0.5, 0.6) is 0 Å². The van der Waals surface area contributed by atoms with Crippen LogP contribution in [-0.4, -0.2) is 19.1 Å². The standard InChI is InChI=1S/C10H11NO2/c1-13-9-8(11-10(9)12)7-5-3-2-4-6-7/h2-6,8-9H,1H3,(H,11,12)/t8-,9+/m1/s1. The van der Waals surface area contributed by atoms with Gasteiger partial charge < -0.3 is 10.1 Å². The van der Waals surface area contributed by atoms with E-state index in [1.807, 2.05) is 30.3 Å². The number of carbonyl (C=O) groups excluding carboxylic acids is 1. The van der Waals surface area contributed by atoms with Crippen molar-refractivity contribution in [2.24, 2.45) is 0 Å². The molecule has 1 amide bonds. The highest BCUT2D eigenvalue weighted by molar-refractivity contribution is 5.88. The van der Waals surface area contributed by atoms with Crippen molar-refractivity contribution in [3.05, 3.63) is 35.9 Å². The second kappa shape index (κ2) is 3.18. The minimum absolute atomic E-state index is 0.0266. The van der Waals surface area contributed by atoms with E-state index in [0.29, 0.717) is 0 Å². The highest BCUT2D eigenvalue weighted by atomic mass is 16.5. The van der Waals surface area contributed by atoms with Crippen molar-refractivity contribution in [1.82, 2.24) is 5.32 Å². The summed E-state index contributed by atoms with van der Waals surface area (Å²) >= 11 is 0. The maximum absolute atomic E-state index is 11.0. The molecule has 2 rings (SSSR count). The van der Waals surface area contributed by atoms with Crippen molar-refractivity contribution in [1.29, 1.82) is 0 Å². The molecule has 1 aliphatic rings. The van der Waals surface area contributed by atoms with E-state index in [0.717, 1.165) is 5.56 Å². The van der Waals surface area contributed by atoms with E-state index in [1.54, 1.807) is 7.11 Å². The quantitative estimate of drug-likeness (QED) is 0.681. The molecular formula is C10H11NO2. The summed E-state index contributed by atoms with van der Waals surface area (Å²) in [6.45, 7) is 0. The molecule has 0 spiro atoms. The van der Waals surface area contributed by atoms with Crippen LogP contribution in [0.25, 0.3) is 0 Å². The summed E-state index contributed by atoms with van der Waals surface area (Å²) in [5, 5.41) is 2.80. The highest BCUT2D eigenvalue weighted by Crippen LogP contribution is 2.25. The number of hydrogen-bond acceptors (Lipinski definition) is 2. The van der Waals surface area contributed by atoms with Gasteiger partial charge in [0, 0.05) is 7.11 Å². The molecule has 2 atom stereocenters. The Kier molecular flexibility index (Phi) is 2.02. The first-order valence-electron chi connectivity index (χ1n) is 4.21. The van der Waals surface area contributed by atoms with Crippen LogP contribution in [0.4, 0.5) is 0 Å². The fourth-order valence-electron chi connectivity index (χ4n) is 1.53. The van der Waals surface area contributed by atoms with Crippen LogP contribution in [0.3, 0.4) is 0 Å². The van der Waals surface area contributed by atoms with Gasteiger partial charge in [-0.05, 0) is 5.56 Å². The van der Waals surface area contributed by atoms with Crippen molar-refractivity contribution < 1.29 is 9.53 Å². The average Bonchev–Trinajstić information content (AvgIpc) is 2.16. The normalized spacial score (nSPS) is 26.4. The van der Waals surface area contributed by atoms with E-state index in [1.165, 1.54) is 0 Å². The number of rotatable bonds is 2. The molecule has 68 valence electrons. The zero-order chi connectivity index (χ0) is 9.26. The molecule has 0 bridgehead atoms. The summed E-state index contributed by atoms with van der Waals surface area (Å²) in [6.07, 6.45) is -0.317. The number of methoxy groups -OCH3 is 1. The first kappa shape index (κ1) is 8.26. The average molecular weight is 177 g/mol. The number of benzene rings is 1. The van der Waals surface area contributed by atoms with Crippen LogP contribution >= 0.6 is 0 Å². The SMILES string of the molecule is CO[C@@H]1C(=O)N[C@@H]1c1ccccc1. The molecule has 0 unspecified atom stereocenters. The smallest absolute Gasteiger partial charge is 0.252 e. The number of ether oxygens (including phenoxy) is 1. The minimum Gasteiger partial charge on any atom is -0.369 e. The first-order valence-corrected chi connectivity index (χ1v) is 4.21. The van der Waals surface area contributed by atoms with Gasteiger partial charge in [0.15, 0.2) is 6.10 Å². The van der Waals surface area contributed by atoms with Gasteiger partial charge in [-0.15, -0.1) is 0 Å². The predicted octanol–water partition coefficient (Wildman–Crippen LogP) is 0.872. The Morgan fingerprint density at radius 1 is 1.31 bits per heavy atom. The Bertz CT molecular complexity index is 310. The van der Waals surface area contributed by atoms with Gasteiger partial charge in [-0.25, -0.2) is 0 Å². The topological polar surface area (TPSA) is 38.3 Å². The lowest BCUT2D eigenvalue weighted by molar-refractivity contribution is -0.145. The summed E-state index contributed by atoms with van der Waals surface area (Å²) in [5.74, 6) is -0.0312. The van der Waals surface area contributed by atoms with E-state index in [4.69, 9.17) is 4.74 Å². The Balaban J connectivity index is 2.16. The molecule has 0 aliphatic carbocycles. The van der Waals surface area contributed by atoms with E-state index in [9.17, 15) is 4.79 Å². The van der Waals surface area contributed by atoms with E-state index in [-0.39, 0.29) is 18.1 Å². The summed E-state index contributed by atoms with van der Waals surface area (Å²) in [4.78, 5) is 11.0. The van der Waals surface area contributed by atoms with Gasteiger partial charge in [-0.3, -0.25) is 4.79 Å². The molecule has 3 nitrogen and oxygen atoms in total. The molecule has 1 aromatic rings. The van der Waals surface area contributed by atoms with E-state index < -0.39 is 0 Å². The third kappa shape index (κ3) is 1.31. The van der Waals surface area contributed by atoms with Crippen molar-refractivity contribution >= 4 is 5.91 Å². The molecule has 1 aromatic carbocycles. The lowest BCUT2D eigenvalue weighted by Crippen LogP contribution is -2.56. The maximum Gasteiger partial charge on any atom is 0.252 e. The van der Waals surface area contributed by atoms with E-state index in [2.05, 4.69) is 5.32 Å². The molecule has 0 saturated carbocycles. The van der Waals surface area contributed by atoms with Crippen LogP contribution in [0.1, 0.15) is 11.6 Å². The first-order chi connectivity index (χ1) is 6.33. The van der Waals surface area contributed by atoms with Crippen molar-refractivity contribution in [3.8, 4) is 0 Å². The molecule has 13 heavy (non-hydrogen) atoms. The maximum atomic E-state index is 11.0. The van der Waals surface area contributed by atoms with Crippen LogP contribution in [0.15, 0.2) is 30.3 Å². The van der Waals surface area contributed by atoms with Gasteiger partial charge in [0.2, 0.25) is 0 Å². The third-order valence-corrected chi connectivity index (χ3v) is 2.27. The summed E-state index contributed by atoms with van der Waals surface area (Å²) in [7, 11) is 1.55. The summed E-state index contributed by atoms with van der Waals surface area (Å²) in [6, 6.07) is 9.84. The molecular weight excluding hydrogens is 166 g/mol. The molecule has 1 aliphatic heterocycles. The molecule has 1 saturated heterocycles. The molecule has 1 heterocycles. The number of hydrogen-bond donors (Lipinski definition) is 1. The lowest BCUT2D eigenvalue weighted by Gasteiger charge is -2.35. The number of amides is 1. The zero-order valence-corrected chi connectivity index (χ0v) is 7.36. The van der Waals surface area contributed by atoms with Crippen molar-refractivity contribution in [2.45, 2.75) is 12.1 Å². The molecule has 1 N–H and O–H groups in total. The second-order valence-corrected chi connectivity index (χ2v) is 3.05. The Labute approximate surface area is 76.7 Å². The minimum atomic E-state index is -0.317. The molecule has 0 aromatic heterocycles. The fourth-order valence-corrected chi connectivity index (χ4v) is 1.53. The van der Waals surface area contributed by atoms with E-state index >= 15 is 0 Å². The zero-order valence-electron chi connectivity index (χ0n) is 7.36. The monoisotopic (exact) mass is 177 g/mol. The third-order valence-electron chi connectivity index (χ3n) is 2.27. The van der Waals surface area contributed by atoms with Gasteiger partial charge in [0.1, 0.15) is 0 Å². The van der Waals surface area contributed by atoms with Gasteiger partial charge in [-0.1, -0.05) is 30.3 Å². The number of nitrogens with one attached hydrogen (secondary N) is 1. The van der Waals surface area contributed by atoms with Gasteiger partial charge in [0.25, 0.3) is 5.91 Å². The van der Waals surface area contributed by atoms with Gasteiger partial charge >= 0.3 is 0 Å². The molecule has 1 fully saturated rings. The van der Waals surface area contributed by atoms with Crippen molar-refractivity contribution in [3.63, 3.8) is 0 Å². The largest absolute Gasteiger partial charge is 0.369 e. The van der Waals surface area contributed by atoms with Crippen LogP contribution in [0.2, 0.25) is 0 Å². The van der Waals surface area contributed by atoms with Crippen LogP contribution in [-0.2, 0) is 9.53 Å². The summed E-state index contributed by atoms with van der Waals surface area (Å²) in [5.41, 5.74) is 1.09. The number of β-lactam (4-membered cyclic amide) rings is 1. The summed E-state index contributed by atoms with van der Waals surface area (Å²) < 4.78 is 5.05. The molecule has 0 radical (unpaired) electrons.